The molecular formula is C27H30N2O9S. The fourth-order valence-corrected chi connectivity index (χ4v) is 5.13. The molecule has 0 atom stereocenters. The highest BCUT2D eigenvalue weighted by molar-refractivity contribution is 7.92. The normalized spacial score (nSPS) is 10.8. The number of sulfonamides is 1. The van der Waals surface area contributed by atoms with E-state index >= 15 is 0 Å². The van der Waals surface area contributed by atoms with Gasteiger partial charge in [0, 0.05) is 18.2 Å². The molecular weight excluding hydrogens is 528 g/mol. The zero-order valence-corrected chi connectivity index (χ0v) is 23.2. The molecule has 0 fully saturated rings. The van der Waals surface area contributed by atoms with Gasteiger partial charge in [-0.1, -0.05) is 17.7 Å². The average Bonchev–Trinajstić information content (AvgIpc) is 2.94. The van der Waals surface area contributed by atoms with Crippen molar-refractivity contribution in [1.82, 2.24) is 0 Å². The summed E-state index contributed by atoms with van der Waals surface area (Å²) in [6.07, 6.45) is 0. The second kappa shape index (κ2) is 12.4. The van der Waals surface area contributed by atoms with Gasteiger partial charge in [0.15, 0.2) is 11.5 Å². The first-order valence-electron chi connectivity index (χ1n) is 11.5. The van der Waals surface area contributed by atoms with E-state index in [0.717, 1.165) is 9.87 Å². The Labute approximate surface area is 227 Å². The molecule has 208 valence electrons. The maximum absolute atomic E-state index is 13.8. The molecule has 3 aromatic carbocycles. The number of ether oxygens (including phenoxy) is 5. The number of hydrogen-bond acceptors (Lipinski definition) is 9. The van der Waals surface area contributed by atoms with E-state index in [-0.39, 0.29) is 39.1 Å². The van der Waals surface area contributed by atoms with Crippen LogP contribution >= 0.6 is 0 Å². The van der Waals surface area contributed by atoms with Crippen molar-refractivity contribution >= 4 is 33.3 Å². The lowest BCUT2D eigenvalue weighted by Gasteiger charge is -2.26. The van der Waals surface area contributed by atoms with E-state index in [1.165, 1.54) is 71.9 Å². The van der Waals surface area contributed by atoms with E-state index in [0.29, 0.717) is 5.75 Å². The number of esters is 1. The van der Waals surface area contributed by atoms with Crippen LogP contribution in [0.3, 0.4) is 0 Å². The largest absolute Gasteiger partial charge is 0.497 e. The number of hydrogen-bond donors (Lipinski definition) is 1. The Morgan fingerprint density at radius 2 is 1.41 bits per heavy atom. The molecule has 0 aliphatic heterocycles. The summed E-state index contributed by atoms with van der Waals surface area (Å²) in [5.74, 6) is -0.485. The van der Waals surface area contributed by atoms with Crippen LogP contribution in [0.5, 0.6) is 23.0 Å². The number of methoxy groups -OCH3 is 5. The van der Waals surface area contributed by atoms with Crippen LogP contribution in [0.25, 0.3) is 0 Å². The molecule has 3 rings (SSSR count). The maximum atomic E-state index is 13.8. The minimum Gasteiger partial charge on any atom is -0.497 e. The summed E-state index contributed by atoms with van der Waals surface area (Å²) in [4.78, 5) is 25.8. The first kappa shape index (κ1) is 29.1. The van der Waals surface area contributed by atoms with Crippen LogP contribution in [0.1, 0.15) is 15.9 Å². The molecule has 0 aliphatic carbocycles. The smallest absolute Gasteiger partial charge is 0.340 e. The molecule has 0 saturated heterocycles. The Morgan fingerprint density at radius 1 is 0.795 bits per heavy atom. The molecule has 0 radical (unpaired) electrons. The molecule has 0 bridgehead atoms. The summed E-state index contributed by atoms with van der Waals surface area (Å²) in [5.41, 5.74) is 0.958. The highest BCUT2D eigenvalue weighted by Gasteiger charge is 2.30. The fourth-order valence-electron chi connectivity index (χ4n) is 3.71. The highest BCUT2D eigenvalue weighted by Crippen LogP contribution is 2.37. The van der Waals surface area contributed by atoms with Crippen LogP contribution in [0.4, 0.5) is 11.4 Å². The van der Waals surface area contributed by atoms with E-state index < -0.39 is 28.4 Å². The molecule has 11 nitrogen and oxygen atoms in total. The van der Waals surface area contributed by atoms with Gasteiger partial charge in [-0.25, -0.2) is 13.2 Å². The van der Waals surface area contributed by atoms with E-state index in [4.69, 9.17) is 23.7 Å². The predicted octanol–water partition coefficient (Wildman–Crippen LogP) is 3.65. The number of carbonyl (C=O) groups is 2. The lowest BCUT2D eigenvalue weighted by molar-refractivity contribution is -0.114. The van der Waals surface area contributed by atoms with Crippen molar-refractivity contribution in [3.05, 3.63) is 65.7 Å². The third-order valence-electron chi connectivity index (χ3n) is 5.75. The van der Waals surface area contributed by atoms with Crippen LogP contribution in [0, 0.1) is 6.92 Å². The Morgan fingerprint density at radius 3 is 1.97 bits per heavy atom. The summed E-state index contributed by atoms with van der Waals surface area (Å²) in [7, 11) is 2.53. The van der Waals surface area contributed by atoms with Crippen LogP contribution in [-0.2, 0) is 19.6 Å². The van der Waals surface area contributed by atoms with Crippen molar-refractivity contribution < 1.29 is 41.7 Å². The van der Waals surface area contributed by atoms with E-state index in [1.807, 2.05) is 6.92 Å². The van der Waals surface area contributed by atoms with Gasteiger partial charge in [-0.2, -0.15) is 0 Å². The molecule has 0 unspecified atom stereocenters. The minimum absolute atomic E-state index is 0.0181. The van der Waals surface area contributed by atoms with Gasteiger partial charge >= 0.3 is 5.97 Å². The zero-order chi connectivity index (χ0) is 28.7. The molecule has 12 heteroatoms. The highest BCUT2D eigenvalue weighted by atomic mass is 32.2. The first-order chi connectivity index (χ1) is 18.6. The summed E-state index contributed by atoms with van der Waals surface area (Å²) in [5, 5.41) is 2.60. The summed E-state index contributed by atoms with van der Waals surface area (Å²) in [6.45, 7) is 1.16. The SMILES string of the molecule is COC(=O)c1cc(OC)c(OC)cc1NC(=O)CN(c1cc(OC)ccc1OC)S(=O)(=O)c1ccc(C)cc1. The number of aryl methyl sites for hydroxylation is 1. The van der Waals surface area contributed by atoms with Gasteiger partial charge in [0.05, 0.1) is 57.4 Å². The zero-order valence-electron chi connectivity index (χ0n) is 22.4. The van der Waals surface area contributed by atoms with Crippen molar-refractivity contribution in [3.8, 4) is 23.0 Å². The average molecular weight is 559 g/mol. The van der Waals surface area contributed by atoms with Crippen LogP contribution in [-0.4, -0.2) is 62.4 Å². The van der Waals surface area contributed by atoms with Crippen LogP contribution in [0.2, 0.25) is 0 Å². The van der Waals surface area contributed by atoms with Gasteiger partial charge in [-0.3, -0.25) is 9.10 Å². The topological polar surface area (TPSA) is 130 Å². The Kier molecular flexibility index (Phi) is 9.25. The molecule has 0 aliphatic rings. The summed E-state index contributed by atoms with van der Waals surface area (Å²) in [6, 6.07) is 13.5. The molecule has 39 heavy (non-hydrogen) atoms. The van der Waals surface area contributed by atoms with Crippen molar-refractivity contribution in [1.29, 1.82) is 0 Å². The molecule has 0 spiro atoms. The quantitative estimate of drug-likeness (QED) is 0.351. The van der Waals surface area contributed by atoms with Crippen LogP contribution in [0.15, 0.2) is 59.5 Å². The third kappa shape index (κ3) is 6.34. The van der Waals surface area contributed by atoms with Crippen LogP contribution < -0.4 is 28.6 Å². The van der Waals surface area contributed by atoms with Gasteiger partial charge in [0.25, 0.3) is 10.0 Å². The number of rotatable bonds is 11. The summed E-state index contributed by atoms with van der Waals surface area (Å²) >= 11 is 0. The molecule has 0 heterocycles. The Hall–Kier alpha value is -4.45. The van der Waals surface area contributed by atoms with E-state index in [9.17, 15) is 18.0 Å². The number of anilines is 2. The second-order valence-corrected chi connectivity index (χ2v) is 10.0. The van der Waals surface area contributed by atoms with Crippen molar-refractivity contribution in [2.45, 2.75) is 11.8 Å². The van der Waals surface area contributed by atoms with Gasteiger partial charge in [0.2, 0.25) is 5.91 Å². The van der Waals surface area contributed by atoms with Gasteiger partial charge < -0.3 is 29.0 Å². The van der Waals surface area contributed by atoms with E-state index in [1.54, 1.807) is 18.2 Å². The molecule has 0 aromatic heterocycles. The molecule has 1 N–H and O–H groups in total. The van der Waals surface area contributed by atoms with Crippen molar-refractivity contribution in [3.63, 3.8) is 0 Å². The molecule has 0 saturated carbocycles. The summed E-state index contributed by atoms with van der Waals surface area (Å²) < 4.78 is 54.7. The monoisotopic (exact) mass is 558 g/mol. The number of nitrogens with zero attached hydrogens (tertiary/aromatic N) is 1. The second-order valence-electron chi connectivity index (χ2n) is 8.16. The predicted molar refractivity (Wildman–Crippen MR) is 145 cm³/mol. The third-order valence-corrected chi connectivity index (χ3v) is 7.53. The van der Waals surface area contributed by atoms with Gasteiger partial charge in [0.1, 0.15) is 18.0 Å². The van der Waals surface area contributed by atoms with Crippen molar-refractivity contribution in [2.24, 2.45) is 0 Å². The Bertz CT molecular complexity index is 1450. The number of benzene rings is 3. The first-order valence-corrected chi connectivity index (χ1v) is 13.0. The maximum Gasteiger partial charge on any atom is 0.340 e. The fraction of sp³-hybridized carbons (Fsp3) is 0.259. The number of nitrogens with one attached hydrogen (secondary N) is 1. The lowest BCUT2D eigenvalue weighted by Crippen LogP contribution is -2.38. The van der Waals surface area contributed by atoms with E-state index in [2.05, 4.69) is 5.32 Å². The van der Waals surface area contributed by atoms with Gasteiger partial charge in [-0.15, -0.1) is 0 Å². The number of amides is 1. The standard InChI is InChI=1S/C27H30N2O9S/c1-17-7-10-19(11-8-17)39(32,33)29(22-13-18(34-2)9-12-23(22)35-3)16-26(30)28-21-15-25(37-5)24(36-4)14-20(21)27(31)38-6/h7-15H,16H2,1-6H3,(H,28,30). The van der Waals surface area contributed by atoms with Gasteiger partial charge in [-0.05, 0) is 31.2 Å². The van der Waals surface area contributed by atoms with Crippen molar-refractivity contribution in [2.75, 3.05) is 51.7 Å². The molecule has 3 aromatic rings. The molecule has 1 amide bonds. The minimum atomic E-state index is -4.27. The Balaban J connectivity index is 2.10. The number of carbonyl (C=O) groups excluding carboxylic acids is 2. The lowest BCUT2D eigenvalue weighted by atomic mass is 10.1.